The minimum absolute atomic E-state index is 0.143. The molecule has 0 bridgehead atoms. The smallest absolute Gasteiger partial charge is 0.270 e. The third kappa shape index (κ3) is 5.22. The van der Waals surface area contributed by atoms with Crippen LogP contribution in [-0.2, 0) is 0 Å². The molecular formula is C20H31NO3. The van der Waals surface area contributed by atoms with Crippen molar-refractivity contribution in [1.82, 2.24) is 0 Å². The van der Waals surface area contributed by atoms with Crippen molar-refractivity contribution in [3.8, 4) is 5.75 Å². The maximum Gasteiger partial charge on any atom is 0.270 e. The van der Waals surface area contributed by atoms with Gasteiger partial charge in [0.2, 0.25) is 0 Å². The van der Waals surface area contributed by atoms with Crippen LogP contribution >= 0.6 is 0 Å². The van der Waals surface area contributed by atoms with Crippen LogP contribution in [0.5, 0.6) is 5.75 Å². The Labute approximate surface area is 145 Å². The molecule has 0 heterocycles. The molecule has 1 aliphatic carbocycles. The van der Waals surface area contributed by atoms with E-state index in [1.54, 1.807) is 12.1 Å². The molecule has 0 amide bonds. The fraction of sp³-hybridized carbons (Fsp3) is 0.700. The third-order valence-electron chi connectivity index (χ3n) is 5.30. The molecule has 0 unspecified atom stereocenters. The molecular weight excluding hydrogens is 302 g/mol. The van der Waals surface area contributed by atoms with E-state index in [-0.39, 0.29) is 10.6 Å². The molecule has 1 saturated carbocycles. The van der Waals surface area contributed by atoms with E-state index in [2.05, 4.69) is 6.92 Å². The summed E-state index contributed by atoms with van der Waals surface area (Å²) < 4.78 is 6.05. The van der Waals surface area contributed by atoms with Gasteiger partial charge in [-0.2, -0.15) is 0 Å². The van der Waals surface area contributed by atoms with Crippen LogP contribution in [0.3, 0.4) is 0 Å². The molecule has 1 aromatic rings. The van der Waals surface area contributed by atoms with Crippen LogP contribution in [0.15, 0.2) is 12.1 Å². The number of nitrogens with zero attached hydrogens (tertiary/aromatic N) is 1. The summed E-state index contributed by atoms with van der Waals surface area (Å²) in [7, 11) is 0. The quantitative estimate of drug-likeness (QED) is 0.334. The van der Waals surface area contributed by atoms with Gasteiger partial charge in [0.25, 0.3) is 5.69 Å². The highest BCUT2D eigenvalue weighted by Gasteiger charge is 2.22. The lowest BCUT2D eigenvalue weighted by Crippen LogP contribution is -2.20. The zero-order valence-electron chi connectivity index (χ0n) is 15.3. The summed E-state index contributed by atoms with van der Waals surface area (Å²) in [6.07, 6.45) is 10.6. The number of unbranched alkanes of at least 4 members (excludes halogenated alkanes) is 2. The molecule has 0 aromatic heterocycles. The van der Waals surface area contributed by atoms with Crippen molar-refractivity contribution in [2.75, 3.05) is 6.61 Å². The summed E-state index contributed by atoms with van der Waals surface area (Å²) in [4.78, 5) is 10.6. The summed E-state index contributed by atoms with van der Waals surface area (Å²) in [5.74, 6) is 2.36. The van der Waals surface area contributed by atoms with E-state index in [0.717, 1.165) is 29.4 Å². The molecule has 134 valence electrons. The predicted molar refractivity (Wildman–Crippen MR) is 97.7 cm³/mol. The van der Waals surface area contributed by atoms with Crippen molar-refractivity contribution in [3.63, 3.8) is 0 Å². The molecule has 2 rings (SSSR count). The lowest BCUT2D eigenvalue weighted by Gasteiger charge is -2.28. The minimum Gasteiger partial charge on any atom is -0.493 e. The number of aryl methyl sites for hydroxylation is 2. The van der Waals surface area contributed by atoms with Gasteiger partial charge in [-0.15, -0.1) is 0 Å². The SMILES string of the molecule is CCCCCC1CCC(COc2c(C)cc([N+](=O)[O-])cc2C)CC1. The molecule has 0 spiro atoms. The van der Waals surface area contributed by atoms with E-state index in [1.165, 1.54) is 51.4 Å². The Morgan fingerprint density at radius 2 is 1.67 bits per heavy atom. The van der Waals surface area contributed by atoms with Gasteiger partial charge in [0, 0.05) is 12.1 Å². The zero-order chi connectivity index (χ0) is 17.5. The van der Waals surface area contributed by atoms with E-state index < -0.39 is 0 Å². The number of nitro benzene ring substituents is 1. The Balaban J connectivity index is 1.81. The maximum absolute atomic E-state index is 10.9. The summed E-state index contributed by atoms with van der Waals surface area (Å²) in [5, 5.41) is 10.9. The number of benzene rings is 1. The van der Waals surface area contributed by atoms with Gasteiger partial charge in [0.1, 0.15) is 5.75 Å². The highest BCUT2D eigenvalue weighted by atomic mass is 16.6. The molecule has 0 saturated heterocycles. The first-order valence-corrected chi connectivity index (χ1v) is 9.39. The first kappa shape index (κ1) is 18.8. The molecule has 1 aliphatic rings. The van der Waals surface area contributed by atoms with Crippen molar-refractivity contribution in [2.45, 2.75) is 72.1 Å². The Kier molecular flexibility index (Phi) is 7.07. The fourth-order valence-electron chi connectivity index (χ4n) is 3.83. The van der Waals surface area contributed by atoms with Crippen molar-refractivity contribution < 1.29 is 9.66 Å². The Bertz CT molecular complexity index is 525. The fourth-order valence-corrected chi connectivity index (χ4v) is 3.83. The number of hydrogen-bond donors (Lipinski definition) is 0. The van der Waals surface area contributed by atoms with Gasteiger partial charge in [-0.05, 0) is 49.7 Å². The van der Waals surface area contributed by atoms with E-state index in [9.17, 15) is 10.1 Å². The number of hydrogen-bond acceptors (Lipinski definition) is 3. The van der Waals surface area contributed by atoms with Crippen LogP contribution in [0, 0.1) is 35.8 Å². The highest BCUT2D eigenvalue weighted by Crippen LogP contribution is 2.34. The van der Waals surface area contributed by atoms with E-state index in [0.29, 0.717) is 5.92 Å². The van der Waals surface area contributed by atoms with Crippen LogP contribution in [0.25, 0.3) is 0 Å². The third-order valence-corrected chi connectivity index (χ3v) is 5.30. The van der Waals surface area contributed by atoms with Gasteiger partial charge in [0.05, 0.1) is 11.5 Å². The van der Waals surface area contributed by atoms with Crippen molar-refractivity contribution in [2.24, 2.45) is 11.8 Å². The highest BCUT2D eigenvalue weighted by molar-refractivity contribution is 5.48. The summed E-state index contributed by atoms with van der Waals surface area (Å²) in [6.45, 7) is 6.78. The molecule has 0 aliphatic heterocycles. The number of nitro groups is 1. The normalized spacial score (nSPS) is 20.8. The largest absolute Gasteiger partial charge is 0.493 e. The monoisotopic (exact) mass is 333 g/mol. The number of ether oxygens (including phenoxy) is 1. The Hall–Kier alpha value is -1.58. The summed E-state index contributed by atoms with van der Waals surface area (Å²) >= 11 is 0. The van der Waals surface area contributed by atoms with Crippen LogP contribution in [0.2, 0.25) is 0 Å². The second-order valence-corrected chi connectivity index (χ2v) is 7.36. The average molecular weight is 333 g/mol. The van der Waals surface area contributed by atoms with Gasteiger partial charge < -0.3 is 4.74 Å². The zero-order valence-corrected chi connectivity index (χ0v) is 15.3. The average Bonchev–Trinajstić information content (AvgIpc) is 2.55. The summed E-state index contributed by atoms with van der Waals surface area (Å²) in [6, 6.07) is 3.21. The summed E-state index contributed by atoms with van der Waals surface area (Å²) in [5.41, 5.74) is 1.86. The van der Waals surface area contributed by atoms with Crippen LogP contribution in [0.4, 0.5) is 5.69 Å². The second kappa shape index (κ2) is 9.05. The maximum atomic E-state index is 10.9. The molecule has 24 heavy (non-hydrogen) atoms. The molecule has 0 radical (unpaired) electrons. The van der Waals surface area contributed by atoms with E-state index in [4.69, 9.17) is 4.74 Å². The number of rotatable bonds is 8. The predicted octanol–water partition coefficient (Wildman–Crippen LogP) is 5.98. The van der Waals surface area contributed by atoms with Gasteiger partial charge in [0.15, 0.2) is 0 Å². The van der Waals surface area contributed by atoms with E-state index >= 15 is 0 Å². The Morgan fingerprint density at radius 3 is 2.21 bits per heavy atom. The molecule has 1 aromatic carbocycles. The minimum atomic E-state index is -0.344. The van der Waals surface area contributed by atoms with Crippen molar-refractivity contribution in [1.29, 1.82) is 0 Å². The standard InChI is InChI=1S/C20H31NO3/c1-4-5-6-7-17-8-10-18(11-9-17)14-24-20-15(2)12-19(21(22)23)13-16(20)3/h12-13,17-18H,4-11,14H2,1-3H3. The second-order valence-electron chi connectivity index (χ2n) is 7.36. The topological polar surface area (TPSA) is 52.4 Å². The van der Waals surface area contributed by atoms with Crippen LogP contribution < -0.4 is 4.74 Å². The van der Waals surface area contributed by atoms with E-state index in [1.807, 2.05) is 13.8 Å². The van der Waals surface area contributed by atoms with Crippen LogP contribution in [0.1, 0.15) is 69.4 Å². The number of non-ortho nitro benzene ring substituents is 1. The molecule has 0 N–H and O–H groups in total. The first-order valence-electron chi connectivity index (χ1n) is 9.39. The molecule has 1 fully saturated rings. The van der Waals surface area contributed by atoms with Crippen molar-refractivity contribution in [3.05, 3.63) is 33.4 Å². The van der Waals surface area contributed by atoms with Gasteiger partial charge in [-0.1, -0.05) is 45.4 Å². The molecule has 0 atom stereocenters. The van der Waals surface area contributed by atoms with Crippen LogP contribution in [-0.4, -0.2) is 11.5 Å². The Morgan fingerprint density at radius 1 is 1.08 bits per heavy atom. The van der Waals surface area contributed by atoms with Gasteiger partial charge in [-0.25, -0.2) is 0 Å². The molecule has 4 heteroatoms. The van der Waals surface area contributed by atoms with Crippen molar-refractivity contribution >= 4 is 5.69 Å². The van der Waals surface area contributed by atoms with Gasteiger partial charge >= 0.3 is 0 Å². The lowest BCUT2D eigenvalue weighted by atomic mass is 9.80. The first-order chi connectivity index (χ1) is 11.5. The molecule has 4 nitrogen and oxygen atoms in total. The lowest BCUT2D eigenvalue weighted by molar-refractivity contribution is -0.385. The van der Waals surface area contributed by atoms with Gasteiger partial charge in [-0.3, -0.25) is 10.1 Å².